The molecule has 1 aliphatic carbocycles. The van der Waals surface area contributed by atoms with Crippen molar-refractivity contribution in [3.63, 3.8) is 0 Å². The summed E-state index contributed by atoms with van der Waals surface area (Å²) in [7, 11) is 1.56. The van der Waals surface area contributed by atoms with E-state index in [1.807, 2.05) is 12.1 Å². The first-order valence-electron chi connectivity index (χ1n) is 10.3. The maximum Gasteiger partial charge on any atom is 0.332 e. The second-order valence-electron chi connectivity index (χ2n) is 7.25. The van der Waals surface area contributed by atoms with E-state index in [9.17, 15) is 4.79 Å². The molecule has 0 bridgehead atoms. The average molecular weight is 412 g/mol. The van der Waals surface area contributed by atoms with Crippen molar-refractivity contribution in [2.24, 2.45) is 10.8 Å². The van der Waals surface area contributed by atoms with Crippen molar-refractivity contribution < 1.29 is 19.0 Å². The van der Waals surface area contributed by atoms with Crippen molar-refractivity contribution in [2.45, 2.75) is 38.0 Å². The number of carbonyl (C=O) groups is 1. The smallest absolute Gasteiger partial charge is 0.332 e. The predicted molar refractivity (Wildman–Crippen MR) is 117 cm³/mol. The molecule has 0 radical (unpaired) electrons. The molecule has 0 aliphatic heterocycles. The van der Waals surface area contributed by atoms with E-state index in [1.54, 1.807) is 25.3 Å². The van der Waals surface area contributed by atoms with E-state index in [1.165, 1.54) is 43.9 Å². The first kappa shape index (κ1) is 21.5. The summed E-state index contributed by atoms with van der Waals surface area (Å²) < 4.78 is 16.9. The zero-order chi connectivity index (χ0) is 21.2. The van der Waals surface area contributed by atoms with E-state index in [0.717, 1.165) is 11.3 Å². The summed E-state index contributed by atoms with van der Waals surface area (Å²) in [6.45, 7) is 0.815. The Morgan fingerprint density at radius 1 is 1.07 bits per heavy atom. The Balaban J connectivity index is 1.46. The molecule has 1 aliphatic rings. The van der Waals surface area contributed by atoms with Gasteiger partial charge in [0.05, 0.1) is 13.3 Å². The molecular weight excluding hydrogens is 382 g/mol. The number of carbonyl (C=O) groups excluding carboxylic acids is 1. The number of urea groups is 1. The van der Waals surface area contributed by atoms with Gasteiger partial charge in [0, 0.05) is 0 Å². The fourth-order valence-corrected chi connectivity index (χ4v) is 3.64. The number of benzene rings is 2. The lowest BCUT2D eigenvalue weighted by molar-refractivity contribution is 0.211. The quantitative estimate of drug-likeness (QED) is 0.367. The minimum absolute atomic E-state index is 0.386. The molecule has 7 heteroatoms. The third kappa shape index (κ3) is 6.40. The number of hydrogen-bond acceptors (Lipinski definition) is 5. The molecule has 3 N–H and O–H groups in total. The number of nitrogens with one attached hydrogen (secondary N) is 1. The molecule has 7 nitrogen and oxygen atoms in total. The van der Waals surface area contributed by atoms with Gasteiger partial charge < -0.3 is 19.9 Å². The third-order valence-electron chi connectivity index (χ3n) is 5.14. The fraction of sp³-hybridized carbons (Fsp3) is 0.391. The van der Waals surface area contributed by atoms with Gasteiger partial charge in [-0.1, -0.05) is 31.4 Å². The van der Waals surface area contributed by atoms with E-state index in [2.05, 4.69) is 22.7 Å². The van der Waals surface area contributed by atoms with Crippen molar-refractivity contribution >= 4 is 12.2 Å². The molecule has 1 saturated carbocycles. The van der Waals surface area contributed by atoms with E-state index in [-0.39, 0.29) is 0 Å². The highest BCUT2D eigenvalue weighted by Gasteiger charge is 2.15. The van der Waals surface area contributed by atoms with Crippen molar-refractivity contribution in [3.05, 3.63) is 53.6 Å². The lowest BCUT2D eigenvalue weighted by Gasteiger charge is -2.22. The van der Waals surface area contributed by atoms with Crippen molar-refractivity contribution in [3.8, 4) is 17.2 Å². The third-order valence-corrected chi connectivity index (χ3v) is 5.14. The Bertz CT molecular complexity index is 846. The second kappa shape index (κ2) is 11.1. The molecule has 0 heterocycles. The van der Waals surface area contributed by atoms with Crippen LogP contribution in [0.3, 0.4) is 0 Å². The normalized spacial score (nSPS) is 14.4. The lowest BCUT2D eigenvalue weighted by atomic mass is 9.84. The molecular formula is C23H29N3O4. The van der Waals surface area contributed by atoms with Crippen LogP contribution in [0.5, 0.6) is 17.2 Å². The molecule has 0 atom stereocenters. The molecule has 1 fully saturated rings. The molecule has 2 aromatic rings. The number of ether oxygens (including phenoxy) is 3. The fourth-order valence-electron chi connectivity index (χ4n) is 3.64. The summed E-state index contributed by atoms with van der Waals surface area (Å²) >= 11 is 0. The number of hydrazone groups is 1. The van der Waals surface area contributed by atoms with Crippen LogP contribution in [0.25, 0.3) is 0 Å². The van der Waals surface area contributed by atoms with Gasteiger partial charge in [-0.15, -0.1) is 0 Å². The highest BCUT2D eigenvalue weighted by molar-refractivity contribution is 5.82. The van der Waals surface area contributed by atoms with Gasteiger partial charge in [0.25, 0.3) is 0 Å². The number of amides is 2. The second-order valence-corrected chi connectivity index (χ2v) is 7.25. The number of primary amides is 1. The van der Waals surface area contributed by atoms with Crippen LogP contribution in [0.2, 0.25) is 0 Å². The summed E-state index contributed by atoms with van der Waals surface area (Å²) in [5.41, 5.74) is 9.27. The van der Waals surface area contributed by atoms with Gasteiger partial charge in [-0.2, -0.15) is 5.10 Å². The predicted octanol–water partition coefficient (Wildman–Crippen LogP) is 4.20. The van der Waals surface area contributed by atoms with Crippen LogP contribution in [0, 0.1) is 0 Å². The van der Waals surface area contributed by atoms with Crippen LogP contribution in [0.15, 0.2) is 47.6 Å². The Kier molecular flexibility index (Phi) is 7.94. The van der Waals surface area contributed by atoms with Crippen LogP contribution in [-0.2, 0) is 0 Å². The molecule has 3 rings (SSSR count). The number of rotatable bonds is 9. The summed E-state index contributed by atoms with van der Waals surface area (Å²) in [4.78, 5) is 10.6. The molecule has 2 amide bonds. The van der Waals surface area contributed by atoms with E-state index in [4.69, 9.17) is 19.9 Å². The zero-order valence-electron chi connectivity index (χ0n) is 17.3. The van der Waals surface area contributed by atoms with Gasteiger partial charge >= 0.3 is 6.03 Å². The van der Waals surface area contributed by atoms with Gasteiger partial charge in [-0.3, -0.25) is 0 Å². The van der Waals surface area contributed by atoms with Gasteiger partial charge in [0.15, 0.2) is 11.5 Å². The van der Waals surface area contributed by atoms with Gasteiger partial charge in [-0.25, -0.2) is 10.2 Å². The van der Waals surface area contributed by atoms with Crippen LogP contribution in [-0.4, -0.2) is 32.6 Å². The minimum atomic E-state index is -0.721. The minimum Gasteiger partial charge on any atom is -0.493 e. The Labute approximate surface area is 177 Å². The molecule has 160 valence electrons. The van der Waals surface area contributed by atoms with Gasteiger partial charge in [0.1, 0.15) is 19.0 Å². The van der Waals surface area contributed by atoms with Gasteiger partial charge in [0.2, 0.25) is 0 Å². The highest BCUT2D eigenvalue weighted by atomic mass is 16.5. The van der Waals surface area contributed by atoms with E-state index < -0.39 is 6.03 Å². The first-order chi connectivity index (χ1) is 14.7. The van der Waals surface area contributed by atoms with Crippen LogP contribution >= 0.6 is 0 Å². The first-order valence-corrected chi connectivity index (χ1v) is 10.3. The van der Waals surface area contributed by atoms with Crippen molar-refractivity contribution in [1.82, 2.24) is 5.43 Å². The topological polar surface area (TPSA) is 95.2 Å². The SMILES string of the molecule is COc1cc(/C=N\NC(N)=O)ccc1OCCOc1ccc(C2CCCCC2)cc1. The average Bonchev–Trinajstić information content (AvgIpc) is 2.78. The summed E-state index contributed by atoms with van der Waals surface area (Å²) in [5, 5.41) is 3.73. The number of nitrogens with zero attached hydrogens (tertiary/aromatic N) is 1. The van der Waals surface area contributed by atoms with Crippen LogP contribution < -0.4 is 25.4 Å². The molecule has 0 aromatic heterocycles. The number of methoxy groups -OCH3 is 1. The number of nitrogens with two attached hydrogens (primary N) is 1. The largest absolute Gasteiger partial charge is 0.493 e. The summed E-state index contributed by atoms with van der Waals surface area (Å²) in [5.74, 6) is 2.71. The monoisotopic (exact) mass is 411 g/mol. The summed E-state index contributed by atoms with van der Waals surface area (Å²) in [6.07, 6.45) is 8.09. The highest BCUT2D eigenvalue weighted by Crippen LogP contribution is 2.33. The van der Waals surface area contributed by atoms with E-state index in [0.29, 0.717) is 30.6 Å². The van der Waals surface area contributed by atoms with Crippen LogP contribution in [0.4, 0.5) is 4.79 Å². The molecule has 0 saturated heterocycles. The lowest BCUT2D eigenvalue weighted by Crippen LogP contribution is -2.24. The standard InChI is InChI=1S/C23H29N3O4/c1-28-22-15-17(16-25-26-23(24)27)7-12-21(22)30-14-13-29-20-10-8-19(9-11-20)18-5-3-2-4-6-18/h7-12,15-16,18H,2-6,13-14H2,1H3,(H3,24,26,27)/b25-16-. The van der Waals surface area contributed by atoms with Crippen LogP contribution in [0.1, 0.15) is 49.1 Å². The maximum absolute atomic E-state index is 10.6. The molecule has 0 unspecified atom stereocenters. The Hall–Kier alpha value is -3.22. The zero-order valence-corrected chi connectivity index (χ0v) is 17.3. The molecule has 30 heavy (non-hydrogen) atoms. The van der Waals surface area contributed by atoms with Gasteiger partial charge in [-0.05, 0) is 60.2 Å². The van der Waals surface area contributed by atoms with Crippen molar-refractivity contribution in [1.29, 1.82) is 0 Å². The molecule has 0 spiro atoms. The maximum atomic E-state index is 10.6. The Morgan fingerprint density at radius 2 is 1.80 bits per heavy atom. The molecule has 2 aromatic carbocycles. The Morgan fingerprint density at radius 3 is 2.50 bits per heavy atom. The van der Waals surface area contributed by atoms with Crippen molar-refractivity contribution in [2.75, 3.05) is 20.3 Å². The summed E-state index contributed by atoms with van der Waals surface area (Å²) in [6, 6.07) is 13.1. The number of hydrogen-bond donors (Lipinski definition) is 2. The van der Waals surface area contributed by atoms with E-state index >= 15 is 0 Å².